The number of rotatable bonds is 2. The highest BCUT2D eigenvalue weighted by Gasteiger charge is 2.32. The molecule has 18 heavy (non-hydrogen) atoms. The maximum Gasteiger partial charge on any atom is 0.316 e. The van der Waals surface area contributed by atoms with Gasteiger partial charge in [-0.05, 0) is 18.2 Å². The molecular weight excluding hydrogens is 256 g/mol. The number of carbonyl (C=O) groups excluding carboxylic acids is 2. The standard InChI is InChI=1S/C12H13ClN2O3/c1-14-5-6-15(12(17)11(14)16)9-7-8(13)3-4-10(9)18-2/h3-4,7H,5-6H2,1-2H3. The van der Waals surface area contributed by atoms with Gasteiger partial charge in [0.25, 0.3) is 0 Å². The molecule has 2 rings (SSSR count). The summed E-state index contributed by atoms with van der Waals surface area (Å²) >= 11 is 5.92. The molecule has 0 aliphatic carbocycles. The van der Waals surface area contributed by atoms with Crippen molar-refractivity contribution in [1.82, 2.24) is 4.90 Å². The van der Waals surface area contributed by atoms with Gasteiger partial charge < -0.3 is 9.64 Å². The van der Waals surface area contributed by atoms with Crippen LogP contribution in [-0.2, 0) is 9.59 Å². The largest absolute Gasteiger partial charge is 0.495 e. The summed E-state index contributed by atoms with van der Waals surface area (Å²) in [6, 6.07) is 4.97. The molecule has 1 aliphatic heterocycles. The summed E-state index contributed by atoms with van der Waals surface area (Å²) in [5.41, 5.74) is 0.524. The Morgan fingerprint density at radius 2 is 1.94 bits per heavy atom. The average molecular weight is 269 g/mol. The molecule has 1 fully saturated rings. The highest BCUT2D eigenvalue weighted by molar-refractivity contribution is 6.41. The minimum absolute atomic E-state index is 0.428. The maximum absolute atomic E-state index is 12.0. The molecule has 0 radical (unpaired) electrons. The molecule has 0 atom stereocenters. The lowest BCUT2D eigenvalue weighted by Gasteiger charge is -2.32. The molecule has 1 aromatic carbocycles. The fourth-order valence-electron chi connectivity index (χ4n) is 1.84. The Kier molecular flexibility index (Phi) is 3.43. The Morgan fingerprint density at radius 3 is 2.61 bits per heavy atom. The average Bonchev–Trinajstić information content (AvgIpc) is 2.36. The second-order valence-corrected chi connectivity index (χ2v) is 4.44. The van der Waals surface area contributed by atoms with E-state index in [-0.39, 0.29) is 0 Å². The number of ether oxygens (including phenoxy) is 1. The smallest absolute Gasteiger partial charge is 0.316 e. The Hall–Kier alpha value is -1.75. The van der Waals surface area contributed by atoms with Gasteiger partial charge in [-0.3, -0.25) is 14.5 Å². The van der Waals surface area contributed by atoms with Gasteiger partial charge in [0, 0.05) is 25.2 Å². The maximum atomic E-state index is 12.0. The SMILES string of the molecule is COc1ccc(Cl)cc1N1CCN(C)C(=O)C1=O. The van der Waals surface area contributed by atoms with Crippen LogP contribution in [0.2, 0.25) is 5.02 Å². The number of benzene rings is 1. The van der Waals surface area contributed by atoms with Gasteiger partial charge in [0.15, 0.2) is 0 Å². The van der Waals surface area contributed by atoms with Crippen LogP contribution in [0.25, 0.3) is 0 Å². The van der Waals surface area contributed by atoms with E-state index in [9.17, 15) is 9.59 Å². The molecule has 5 nitrogen and oxygen atoms in total. The van der Waals surface area contributed by atoms with Crippen molar-refractivity contribution in [3.05, 3.63) is 23.2 Å². The molecule has 0 spiro atoms. The predicted octanol–water partition coefficient (Wildman–Crippen LogP) is 1.15. The lowest BCUT2D eigenvalue weighted by molar-refractivity contribution is -0.145. The number of carbonyl (C=O) groups is 2. The van der Waals surface area contributed by atoms with Crippen LogP contribution in [0.1, 0.15) is 0 Å². The van der Waals surface area contributed by atoms with Crippen LogP contribution < -0.4 is 9.64 Å². The van der Waals surface area contributed by atoms with Gasteiger partial charge in [0.05, 0.1) is 12.8 Å². The number of amides is 2. The number of likely N-dealkylation sites (N-methyl/N-ethyl adjacent to an activating group) is 1. The molecule has 0 unspecified atom stereocenters. The van der Waals surface area contributed by atoms with Gasteiger partial charge >= 0.3 is 11.8 Å². The van der Waals surface area contributed by atoms with Gasteiger partial charge in [0.1, 0.15) is 5.75 Å². The van der Waals surface area contributed by atoms with Crippen LogP contribution >= 0.6 is 11.6 Å². The van der Waals surface area contributed by atoms with Crippen molar-refractivity contribution in [3.63, 3.8) is 0 Å². The third-order valence-corrected chi connectivity index (χ3v) is 3.10. The molecule has 1 aromatic rings. The number of halogens is 1. The summed E-state index contributed by atoms with van der Waals surface area (Å²) in [6.07, 6.45) is 0. The molecule has 1 saturated heterocycles. The zero-order valence-corrected chi connectivity index (χ0v) is 10.9. The van der Waals surface area contributed by atoms with Crippen LogP contribution in [-0.4, -0.2) is 44.0 Å². The molecule has 1 aliphatic rings. The molecule has 6 heteroatoms. The highest BCUT2D eigenvalue weighted by atomic mass is 35.5. The van der Waals surface area contributed by atoms with Gasteiger partial charge in [-0.1, -0.05) is 11.6 Å². The topological polar surface area (TPSA) is 49.9 Å². The van der Waals surface area contributed by atoms with Crippen molar-refractivity contribution in [3.8, 4) is 5.75 Å². The first-order chi connectivity index (χ1) is 8.54. The second-order valence-electron chi connectivity index (χ2n) is 4.00. The van der Waals surface area contributed by atoms with E-state index in [2.05, 4.69) is 0 Å². The zero-order chi connectivity index (χ0) is 13.3. The number of piperazine rings is 1. The summed E-state index contributed by atoms with van der Waals surface area (Å²) in [5, 5.41) is 0.491. The molecular formula is C12H13ClN2O3. The Balaban J connectivity index is 2.39. The molecule has 2 amide bonds. The van der Waals surface area contributed by atoms with E-state index in [1.54, 1.807) is 25.2 Å². The van der Waals surface area contributed by atoms with E-state index in [4.69, 9.17) is 16.3 Å². The molecule has 96 valence electrons. The molecule has 0 bridgehead atoms. The van der Waals surface area contributed by atoms with E-state index in [1.165, 1.54) is 16.9 Å². The first-order valence-electron chi connectivity index (χ1n) is 5.45. The summed E-state index contributed by atoms with van der Waals surface area (Å²) in [4.78, 5) is 26.4. The van der Waals surface area contributed by atoms with E-state index >= 15 is 0 Å². The molecule has 0 N–H and O–H groups in total. The zero-order valence-electron chi connectivity index (χ0n) is 10.1. The fourth-order valence-corrected chi connectivity index (χ4v) is 2.00. The number of hydrogen-bond donors (Lipinski definition) is 0. The third kappa shape index (κ3) is 2.13. The Labute approximate surface area is 110 Å². The van der Waals surface area contributed by atoms with Crippen molar-refractivity contribution in [1.29, 1.82) is 0 Å². The monoisotopic (exact) mass is 268 g/mol. The fraction of sp³-hybridized carbons (Fsp3) is 0.333. The number of anilines is 1. The number of hydrogen-bond acceptors (Lipinski definition) is 3. The first kappa shape index (κ1) is 12.7. The van der Waals surface area contributed by atoms with Crippen LogP contribution in [0.15, 0.2) is 18.2 Å². The highest BCUT2D eigenvalue weighted by Crippen LogP contribution is 2.32. The summed E-state index contributed by atoms with van der Waals surface area (Å²) < 4.78 is 5.19. The summed E-state index contributed by atoms with van der Waals surface area (Å²) in [6.45, 7) is 0.915. The van der Waals surface area contributed by atoms with Crippen molar-refractivity contribution in [2.45, 2.75) is 0 Å². The van der Waals surface area contributed by atoms with Gasteiger partial charge in [-0.2, -0.15) is 0 Å². The number of nitrogens with zero attached hydrogens (tertiary/aromatic N) is 2. The minimum Gasteiger partial charge on any atom is -0.495 e. The minimum atomic E-state index is -0.565. The lowest BCUT2D eigenvalue weighted by Crippen LogP contribution is -2.53. The van der Waals surface area contributed by atoms with E-state index in [0.29, 0.717) is 29.5 Å². The van der Waals surface area contributed by atoms with Crippen LogP contribution in [0.3, 0.4) is 0 Å². The predicted molar refractivity (Wildman–Crippen MR) is 68.0 cm³/mol. The summed E-state index contributed by atoms with van der Waals surface area (Å²) in [5.74, 6) is -0.572. The molecule has 0 aromatic heterocycles. The van der Waals surface area contributed by atoms with Crippen molar-refractivity contribution in [2.24, 2.45) is 0 Å². The first-order valence-corrected chi connectivity index (χ1v) is 5.83. The third-order valence-electron chi connectivity index (χ3n) is 2.87. The Morgan fingerprint density at radius 1 is 1.22 bits per heavy atom. The Bertz CT molecular complexity index is 504. The summed E-state index contributed by atoms with van der Waals surface area (Å²) in [7, 11) is 3.11. The van der Waals surface area contributed by atoms with Gasteiger partial charge in [-0.15, -0.1) is 0 Å². The van der Waals surface area contributed by atoms with E-state index in [1.807, 2.05) is 0 Å². The van der Waals surface area contributed by atoms with Crippen molar-refractivity contribution >= 4 is 29.1 Å². The van der Waals surface area contributed by atoms with Crippen molar-refractivity contribution in [2.75, 3.05) is 32.1 Å². The van der Waals surface area contributed by atoms with Gasteiger partial charge in [-0.25, -0.2) is 0 Å². The van der Waals surface area contributed by atoms with Crippen LogP contribution in [0.5, 0.6) is 5.75 Å². The van der Waals surface area contributed by atoms with Crippen LogP contribution in [0.4, 0.5) is 5.69 Å². The molecule has 1 heterocycles. The van der Waals surface area contributed by atoms with E-state index < -0.39 is 11.8 Å². The van der Waals surface area contributed by atoms with Crippen molar-refractivity contribution < 1.29 is 14.3 Å². The lowest BCUT2D eigenvalue weighted by atomic mass is 10.2. The van der Waals surface area contributed by atoms with E-state index in [0.717, 1.165) is 0 Å². The normalized spacial score (nSPS) is 16.2. The number of methoxy groups -OCH3 is 1. The quantitative estimate of drug-likeness (QED) is 0.756. The second kappa shape index (κ2) is 4.86. The van der Waals surface area contributed by atoms with Crippen LogP contribution in [0, 0.1) is 0 Å². The van der Waals surface area contributed by atoms with Gasteiger partial charge in [0.2, 0.25) is 0 Å². The molecule has 0 saturated carbocycles.